The molecule has 2 aromatic rings. The predicted molar refractivity (Wildman–Crippen MR) is 105 cm³/mol. The smallest absolute Gasteiger partial charge is 0.263 e. The number of allylic oxidation sites excluding steroid dienone is 1. The van der Waals surface area contributed by atoms with E-state index in [1.54, 1.807) is 22.0 Å². The number of nitrogens with zero attached hydrogens (tertiary/aromatic N) is 2. The number of aromatic nitrogens is 2. The fourth-order valence-corrected chi connectivity index (χ4v) is 5.26. The van der Waals surface area contributed by atoms with E-state index in [-0.39, 0.29) is 17.4 Å². The lowest BCUT2D eigenvalue weighted by molar-refractivity contribution is -0.123. The standard InChI is InChI=1S/C18H23N3O2S2/c1-4-9-21-17(23)14-11(2)12(3)25-16(14)20-18(21)24-10-13-7-5-6-8-19-15(13)22/h4,13H,1,5-10H2,2-3H3,(H,19,22). The normalized spacial score (nSPS) is 18.2. The number of fused-ring (bicyclic) bond motifs is 1. The Labute approximate surface area is 155 Å². The molecular formula is C18H23N3O2S2. The van der Waals surface area contributed by atoms with Crippen molar-refractivity contribution < 1.29 is 4.79 Å². The number of hydrogen-bond donors (Lipinski definition) is 1. The van der Waals surface area contributed by atoms with Crippen LogP contribution in [0.5, 0.6) is 0 Å². The first-order valence-electron chi connectivity index (χ1n) is 8.55. The molecule has 0 aliphatic carbocycles. The molecular weight excluding hydrogens is 354 g/mol. The Morgan fingerprint density at radius 1 is 1.40 bits per heavy atom. The Morgan fingerprint density at radius 2 is 2.20 bits per heavy atom. The van der Waals surface area contributed by atoms with Crippen molar-refractivity contribution in [1.82, 2.24) is 14.9 Å². The largest absolute Gasteiger partial charge is 0.356 e. The first-order valence-corrected chi connectivity index (χ1v) is 10.3. The van der Waals surface area contributed by atoms with E-state index in [9.17, 15) is 9.59 Å². The molecule has 1 N–H and O–H groups in total. The molecule has 1 unspecified atom stereocenters. The van der Waals surface area contributed by atoms with Gasteiger partial charge in [-0.2, -0.15) is 0 Å². The molecule has 1 aliphatic rings. The third kappa shape index (κ3) is 3.67. The summed E-state index contributed by atoms with van der Waals surface area (Å²) in [5, 5.41) is 4.35. The van der Waals surface area contributed by atoms with Gasteiger partial charge in [-0.1, -0.05) is 24.3 Å². The van der Waals surface area contributed by atoms with Crippen LogP contribution in [0, 0.1) is 19.8 Å². The minimum atomic E-state index is -0.0240. The zero-order valence-electron chi connectivity index (χ0n) is 14.6. The lowest BCUT2D eigenvalue weighted by Crippen LogP contribution is -2.30. The zero-order valence-corrected chi connectivity index (χ0v) is 16.3. The minimum Gasteiger partial charge on any atom is -0.356 e. The van der Waals surface area contributed by atoms with E-state index in [1.165, 1.54) is 11.8 Å². The Bertz CT molecular complexity index is 869. The first kappa shape index (κ1) is 18.2. The van der Waals surface area contributed by atoms with Gasteiger partial charge in [0.1, 0.15) is 4.83 Å². The lowest BCUT2D eigenvalue weighted by Gasteiger charge is -2.14. The summed E-state index contributed by atoms with van der Waals surface area (Å²) in [6, 6.07) is 0. The maximum absolute atomic E-state index is 12.9. The van der Waals surface area contributed by atoms with Gasteiger partial charge >= 0.3 is 0 Å². The van der Waals surface area contributed by atoms with E-state index in [0.717, 1.165) is 41.1 Å². The molecule has 0 saturated carbocycles. The van der Waals surface area contributed by atoms with Crippen molar-refractivity contribution in [2.75, 3.05) is 12.3 Å². The summed E-state index contributed by atoms with van der Waals surface area (Å²) in [6.07, 6.45) is 4.70. The van der Waals surface area contributed by atoms with Crippen molar-refractivity contribution in [2.24, 2.45) is 5.92 Å². The van der Waals surface area contributed by atoms with E-state index in [2.05, 4.69) is 11.9 Å². The van der Waals surface area contributed by atoms with Gasteiger partial charge in [0.15, 0.2) is 5.16 Å². The molecule has 134 valence electrons. The van der Waals surface area contributed by atoms with Gasteiger partial charge in [-0.25, -0.2) is 4.98 Å². The average molecular weight is 378 g/mol. The van der Waals surface area contributed by atoms with E-state index in [0.29, 0.717) is 22.8 Å². The number of thioether (sulfide) groups is 1. The third-order valence-electron chi connectivity index (χ3n) is 4.63. The quantitative estimate of drug-likeness (QED) is 0.493. The Kier molecular flexibility index (Phi) is 5.64. The summed E-state index contributed by atoms with van der Waals surface area (Å²) in [5.41, 5.74) is 0.995. The number of amides is 1. The molecule has 0 spiro atoms. The van der Waals surface area contributed by atoms with Crippen LogP contribution in [0.1, 0.15) is 29.7 Å². The number of carbonyl (C=O) groups excluding carboxylic acids is 1. The SMILES string of the molecule is C=CCn1c(SCC2CCCCNC2=O)nc2sc(C)c(C)c2c1=O. The maximum atomic E-state index is 12.9. The summed E-state index contributed by atoms with van der Waals surface area (Å²) < 4.78 is 1.67. The van der Waals surface area contributed by atoms with Crippen LogP contribution in [0.25, 0.3) is 10.2 Å². The predicted octanol–water partition coefficient (Wildman–Crippen LogP) is 3.27. The van der Waals surface area contributed by atoms with Gasteiger partial charge in [0.25, 0.3) is 5.56 Å². The number of hydrogen-bond acceptors (Lipinski definition) is 5. The van der Waals surface area contributed by atoms with Crippen molar-refractivity contribution in [1.29, 1.82) is 0 Å². The molecule has 3 heterocycles. The second-order valence-electron chi connectivity index (χ2n) is 6.36. The maximum Gasteiger partial charge on any atom is 0.263 e. The highest BCUT2D eigenvalue weighted by Gasteiger charge is 2.22. The number of carbonyl (C=O) groups is 1. The molecule has 1 amide bonds. The molecule has 1 fully saturated rings. The molecule has 25 heavy (non-hydrogen) atoms. The average Bonchev–Trinajstić information content (AvgIpc) is 2.74. The van der Waals surface area contributed by atoms with E-state index in [4.69, 9.17) is 4.98 Å². The van der Waals surface area contributed by atoms with Crippen LogP contribution in [0.2, 0.25) is 0 Å². The monoisotopic (exact) mass is 377 g/mol. The topological polar surface area (TPSA) is 64.0 Å². The van der Waals surface area contributed by atoms with Crippen molar-refractivity contribution in [3.05, 3.63) is 33.4 Å². The van der Waals surface area contributed by atoms with Gasteiger partial charge < -0.3 is 5.32 Å². The number of thiophene rings is 1. The molecule has 3 rings (SSSR count). The highest BCUT2D eigenvalue weighted by atomic mass is 32.2. The van der Waals surface area contributed by atoms with Crippen LogP contribution >= 0.6 is 23.1 Å². The fraction of sp³-hybridized carbons (Fsp3) is 0.500. The van der Waals surface area contributed by atoms with Crippen LogP contribution in [0.15, 0.2) is 22.6 Å². The first-order chi connectivity index (χ1) is 12.0. The Hall–Kier alpha value is -1.60. The number of rotatable bonds is 5. The van der Waals surface area contributed by atoms with Gasteiger partial charge in [0, 0.05) is 29.6 Å². The van der Waals surface area contributed by atoms with Crippen molar-refractivity contribution in [3.63, 3.8) is 0 Å². The van der Waals surface area contributed by atoms with Crippen LogP contribution < -0.4 is 10.9 Å². The molecule has 5 nitrogen and oxygen atoms in total. The molecule has 0 bridgehead atoms. The zero-order chi connectivity index (χ0) is 18.0. The van der Waals surface area contributed by atoms with Gasteiger partial charge in [0.05, 0.1) is 5.39 Å². The second-order valence-corrected chi connectivity index (χ2v) is 8.55. The summed E-state index contributed by atoms with van der Waals surface area (Å²) in [5.74, 6) is 0.736. The summed E-state index contributed by atoms with van der Waals surface area (Å²) >= 11 is 3.06. The highest BCUT2D eigenvalue weighted by molar-refractivity contribution is 7.99. The van der Waals surface area contributed by atoms with Crippen molar-refractivity contribution in [3.8, 4) is 0 Å². The van der Waals surface area contributed by atoms with Crippen LogP contribution in [-0.4, -0.2) is 27.8 Å². The van der Waals surface area contributed by atoms with Gasteiger partial charge in [-0.05, 0) is 32.3 Å². The molecule has 0 aromatic carbocycles. The van der Waals surface area contributed by atoms with Gasteiger partial charge in [-0.3, -0.25) is 14.2 Å². The van der Waals surface area contributed by atoms with Crippen LogP contribution in [0.3, 0.4) is 0 Å². The molecule has 1 atom stereocenters. The molecule has 7 heteroatoms. The molecule has 1 saturated heterocycles. The van der Waals surface area contributed by atoms with Gasteiger partial charge in [0.2, 0.25) is 5.91 Å². The summed E-state index contributed by atoms with van der Waals surface area (Å²) in [7, 11) is 0. The number of nitrogens with one attached hydrogen (secondary N) is 1. The van der Waals surface area contributed by atoms with E-state index < -0.39 is 0 Å². The highest BCUT2D eigenvalue weighted by Crippen LogP contribution is 2.29. The van der Waals surface area contributed by atoms with Crippen molar-refractivity contribution >= 4 is 39.2 Å². The number of aryl methyl sites for hydroxylation is 2. The second kappa shape index (κ2) is 7.74. The molecule has 0 radical (unpaired) electrons. The van der Waals surface area contributed by atoms with E-state index >= 15 is 0 Å². The van der Waals surface area contributed by atoms with Crippen LogP contribution in [0.4, 0.5) is 0 Å². The van der Waals surface area contributed by atoms with E-state index in [1.807, 2.05) is 13.8 Å². The fourth-order valence-electron chi connectivity index (χ4n) is 3.05. The Balaban J connectivity index is 1.94. The minimum absolute atomic E-state index is 0.0143. The summed E-state index contributed by atoms with van der Waals surface area (Å²) in [4.78, 5) is 31.7. The van der Waals surface area contributed by atoms with Crippen molar-refractivity contribution in [2.45, 2.75) is 44.8 Å². The molecule has 1 aliphatic heterocycles. The Morgan fingerprint density at radius 3 is 2.96 bits per heavy atom. The third-order valence-corrected chi connectivity index (χ3v) is 6.87. The van der Waals surface area contributed by atoms with Crippen LogP contribution in [-0.2, 0) is 11.3 Å². The lowest BCUT2D eigenvalue weighted by atomic mass is 10.1. The molecule has 2 aromatic heterocycles. The summed E-state index contributed by atoms with van der Waals surface area (Å²) in [6.45, 7) is 8.94. The van der Waals surface area contributed by atoms with Gasteiger partial charge in [-0.15, -0.1) is 17.9 Å².